The molecular formula is C22H24N4O4. The predicted molar refractivity (Wildman–Crippen MR) is 111 cm³/mol. The van der Waals surface area contributed by atoms with Gasteiger partial charge in [-0.3, -0.25) is 19.0 Å². The Morgan fingerprint density at radius 2 is 1.93 bits per heavy atom. The quantitative estimate of drug-likeness (QED) is 0.674. The van der Waals surface area contributed by atoms with Gasteiger partial charge in [-0.25, -0.2) is 4.98 Å². The molecule has 1 aliphatic heterocycles. The minimum atomic E-state index is -0.112. The van der Waals surface area contributed by atoms with Crippen molar-refractivity contribution in [2.24, 2.45) is 0 Å². The number of aromatic nitrogens is 2. The maximum absolute atomic E-state index is 12.5. The minimum absolute atomic E-state index is 0.0346. The molecule has 8 nitrogen and oxygen atoms in total. The average Bonchev–Trinajstić information content (AvgIpc) is 3.30. The lowest BCUT2D eigenvalue weighted by atomic mass is 10.0. The van der Waals surface area contributed by atoms with Gasteiger partial charge in [0.15, 0.2) is 5.76 Å². The van der Waals surface area contributed by atoms with E-state index in [0.717, 1.165) is 0 Å². The molecule has 0 bridgehead atoms. The van der Waals surface area contributed by atoms with Gasteiger partial charge in [0.25, 0.3) is 11.5 Å². The maximum Gasteiger partial charge on any atom is 0.289 e. The highest BCUT2D eigenvalue weighted by Crippen LogP contribution is 2.14. The molecule has 30 heavy (non-hydrogen) atoms. The molecule has 1 fully saturated rings. The van der Waals surface area contributed by atoms with Crippen LogP contribution in [0.4, 0.5) is 0 Å². The zero-order chi connectivity index (χ0) is 20.9. The number of hydrogen-bond acceptors (Lipinski definition) is 5. The first kappa shape index (κ1) is 19.9. The highest BCUT2D eigenvalue weighted by molar-refractivity contribution is 5.91. The Kier molecular flexibility index (Phi) is 5.92. The van der Waals surface area contributed by atoms with Crippen LogP contribution >= 0.6 is 0 Å². The molecular weight excluding hydrogens is 384 g/mol. The molecule has 1 aliphatic rings. The number of rotatable bonds is 6. The molecule has 156 valence electrons. The smallest absolute Gasteiger partial charge is 0.289 e. The highest BCUT2D eigenvalue weighted by Gasteiger charge is 2.25. The van der Waals surface area contributed by atoms with Crippen LogP contribution < -0.4 is 10.9 Å². The van der Waals surface area contributed by atoms with Crippen molar-refractivity contribution < 1.29 is 14.0 Å². The van der Waals surface area contributed by atoms with Gasteiger partial charge in [0.2, 0.25) is 5.91 Å². The fourth-order valence-electron chi connectivity index (χ4n) is 3.76. The zero-order valence-electron chi connectivity index (χ0n) is 16.6. The lowest BCUT2D eigenvalue weighted by Crippen LogP contribution is -2.46. The molecule has 4 rings (SSSR count). The number of hydrogen-bond donors (Lipinski definition) is 1. The van der Waals surface area contributed by atoms with E-state index in [-0.39, 0.29) is 23.4 Å². The topological polar surface area (TPSA) is 97.4 Å². The second kappa shape index (κ2) is 8.94. The molecule has 1 aromatic carbocycles. The summed E-state index contributed by atoms with van der Waals surface area (Å²) in [7, 11) is 0. The fourth-order valence-corrected chi connectivity index (χ4v) is 3.76. The standard InChI is InChI=1S/C22H24N4O4/c27-20(8-3-11-26-15-23-18-6-2-1-5-17(18)21(26)28)24-16-9-12-25(13-10-16)22(29)19-7-4-14-30-19/h1-2,4-7,14-16H,3,8-13H2,(H,24,27). The second-order valence-electron chi connectivity index (χ2n) is 7.48. The number of benzene rings is 1. The maximum atomic E-state index is 12.5. The largest absolute Gasteiger partial charge is 0.459 e. The molecule has 8 heteroatoms. The number of aryl methyl sites for hydroxylation is 1. The number of furan rings is 1. The van der Waals surface area contributed by atoms with E-state index < -0.39 is 0 Å². The first-order chi connectivity index (χ1) is 14.6. The van der Waals surface area contributed by atoms with Crippen LogP contribution in [0, 0.1) is 0 Å². The van der Waals surface area contributed by atoms with Crippen molar-refractivity contribution in [1.29, 1.82) is 0 Å². The molecule has 0 atom stereocenters. The van der Waals surface area contributed by atoms with Gasteiger partial charge in [-0.2, -0.15) is 0 Å². The van der Waals surface area contributed by atoms with Crippen molar-refractivity contribution in [3.63, 3.8) is 0 Å². The third-order valence-corrected chi connectivity index (χ3v) is 5.41. The molecule has 0 spiro atoms. The van der Waals surface area contributed by atoms with E-state index >= 15 is 0 Å². The summed E-state index contributed by atoms with van der Waals surface area (Å²) in [5.74, 6) is 0.197. The molecule has 1 saturated heterocycles. The Bertz CT molecular complexity index is 1080. The zero-order valence-corrected chi connectivity index (χ0v) is 16.6. The number of likely N-dealkylation sites (tertiary alicyclic amines) is 1. The minimum Gasteiger partial charge on any atom is -0.459 e. The number of fused-ring (bicyclic) bond motifs is 1. The summed E-state index contributed by atoms with van der Waals surface area (Å²) in [6, 6.07) is 10.6. The average molecular weight is 408 g/mol. The number of carbonyl (C=O) groups is 2. The van der Waals surface area contributed by atoms with Crippen molar-refractivity contribution in [1.82, 2.24) is 19.8 Å². The fraction of sp³-hybridized carbons (Fsp3) is 0.364. The first-order valence-corrected chi connectivity index (χ1v) is 10.2. The number of nitrogens with one attached hydrogen (secondary N) is 1. The molecule has 0 aliphatic carbocycles. The van der Waals surface area contributed by atoms with Crippen molar-refractivity contribution in [2.45, 2.75) is 38.3 Å². The van der Waals surface area contributed by atoms with Crippen molar-refractivity contribution in [2.75, 3.05) is 13.1 Å². The van der Waals surface area contributed by atoms with E-state index in [1.807, 2.05) is 18.2 Å². The van der Waals surface area contributed by atoms with Gasteiger partial charge in [-0.05, 0) is 43.5 Å². The first-order valence-electron chi connectivity index (χ1n) is 10.2. The third kappa shape index (κ3) is 4.42. The Hall–Kier alpha value is -3.42. The van der Waals surface area contributed by atoms with Gasteiger partial charge >= 0.3 is 0 Å². The highest BCUT2D eigenvalue weighted by atomic mass is 16.3. The lowest BCUT2D eigenvalue weighted by molar-refractivity contribution is -0.122. The van der Waals surface area contributed by atoms with Crippen LogP contribution in [0.25, 0.3) is 10.9 Å². The predicted octanol–water partition coefficient (Wildman–Crippen LogP) is 2.19. The third-order valence-electron chi connectivity index (χ3n) is 5.41. The van der Waals surface area contributed by atoms with Crippen LogP contribution in [0.2, 0.25) is 0 Å². The van der Waals surface area contributed by atoms with Gasteiger partial charge in [0.1, 0.15) is 0 Å². The molecule has 0 unspecified atom stereocenters. The Morgan fingerprint density at radius 3 is 2.70 bits per heavy atom. The van der Waals surface area contributed by atoms with Gasteiger partial charge in [0.05, 0.1) is 23.5 Å². The summed E-state index contributed by atoms with van der Waals surface area (Å²) in [6.07, 6.45) is 5.35. The number of piperidine rings is 1. The van der Waals surface area contributed by atoms with E-state index in [9.17, 15) is 14.4 Å². The Labute approximate surface area is 173 Å². The Morgan fingerprint density at radius 1 is 1.13 bits per heavy atom. The van der Waals surface area contributed by atoms with Gasteiger partial charge in [0, 0.05) is 32.1 Å². The van der Waals surface area contributed by atoms with Crippen LogP contribution in [-0.4, -0.2) is 45.4 Å². The number of amides is 2. The normalized spacial score (nSPS) is 14.7. The molecule has 2 aromatic heterocycles. The van der Waals surface area contributed by atoms with Gasteiger partial charge in [-0.15, -0.1) is 0 Å². The monoisotopic (exact) mass is 408 g/mol. The molecule has 1 N–H and O–H groups in total. The van der Waals surface area contributed by atoms with E-state index in [2.05, 4.69) is 10.3 Å². The van der Waals surface area contributed by atoms with Crippen molar-refractivity contribution in [3.05, 3.63) is 65.1 Å². The molecule has 3 aromatic rings. The summed E-state index contributed by atoms with van der Waals surface area (Å²) < 4.78 is 6.71. The number of nitrogens with zero attached hydrogens (tertiary/aromatic N) is 3. The van der Waals surface area contributed by atoms with Crippen LogP contribution in [0.3, 0.4) is 0 Å². The summed E-state index contributed by atoms with van der Waals surface area (Å²) in [5, 5.41) is 3.62. The summed E-state index contributed by atoms with van der Waals surface area (Å²) in [4.78, 5) is 43.1. The Balaban J connectivity index is 1.22. The van der Waals surface area contributed by atoms with Crippen LogP contribution in [0.5, 0.6) is 0 Å². The van der Waals surface area contributed by atoms with Crippen LogP contribution in [0.1, 0.15) is 36.2 Å². The molecule has 2 amide bonds. The van der Waals surface area contributed by atoms with Crippen molar-refractivity contribution >= 4 is 22.7 Å². The lowest BCUT2D eigenvalue weighted by Gasteiger charge is -2.31. The van der Waals surface area contributed by atoms with Gasteiger partial charge < -0.3 is 14.6 Å². The van der Waals surface area contributed by atoms with E-state index in [0.29, 0.717) is 62.0 Å². The molecule has 0 saturated carbocycles. The summed E-state index contributed by atoms with van der Waals surface area (Å²) in [5.41, 5.74) is 0.586. The van der Waals surface area contributed by atoms with E-state index in [1.165, 1.54) is 12.6 Å². The van der Waals surface area contributed by atoms with Crippen LogP contribution in [0.15, 0.2) is 58.2 Å². The van der Waals surface area contributed by atoms with E-state index in [4.69, 9.17) is 4.42 Å². The number of carbonyl (C=O) groups excluding carboxylic acids is 2. The number of para-hydroxylation sites is 1. The summed E-state index contributed by atoms with van der Waals surface area (Å²) in [6.45, 7) is 1.62. The van der Waals surface area contributed by atoms with E-state index in [1.54, 1.807) is 27.7 Å². The summed E-state index contributed by atoms with van der Waals surface area (Å²) >= 11 is 0. The second-order valence-corrected chi connectivity index (χ2v) is 7.48. The van der Waals surface area contributed by atoms with Gasteiger partial charge in [-0.1, -0.05) is 12.1 Å². The molecule has 3 heterocycles. The molecule has 0 radical (unpaired) electrons. The SMILES string of the molecule is O=C(CCCn1cnc2ccccc2c1=O)NC1CCN(C(=O)c2ccco2)CC1. The van der Waals surface area contributed by atoms with Crippen LogP contribution in [-0.2, 0) is 11.3 Å². The van der Waals surface area contributed by atoms with Crippen molar-refractivity contribution in [3.8, 4) is 0 Å².